The number of anilines is 2. The number of nitrogens with one attached hydrogen (secondary N) is 1. The molecule has 1 aliphatic heterocycles. The molecule has 0 fully saturated rings. The van der Waals surface area contributed by atoms with Crippen LogP contribution < -0.4 is 14.4 Å². The van der Waals surface area contributed by atoms with Gasteiger partial charge < -0.3 is 9.64 Å². The van der Waals surface area contributed by atoms with Crippen molar-refractivity contribution in [2.45, 2.75) is 24.3 Å². The summed E-state index contributed by atoms with van der Waals surface area (Å²) in [5.41, 5.74) is 2.84. The van der Waals surface area contributed by atoms with Gasteiger partial charge in [0.15, 0.2) is 10.9 Å². The average molecular weight is 513 g/mol. The molecule has 4 aromatic rings. The Kier molecular flexibility index (Phi) is 5.56. The first kappa shape index (κ1) is 23.3. The lowest BCUT2D eigenvalue weighted by Crippen LogP contribution is -2.45. The molecule has 7 nitrogen and oxygen atoms in total. The van der Waals surface area contributed by atoms with Crippen molar-refractivity contribution < 1.29 is 17.5 Å². The van der Waals surface area contributed by atoms with Gasteiger partial charge in [0.25, 0.3) is 10.0 Å². The van der Waals surface area contributed by atoms with Crippen LogP contribution in [-0.4, -0.2) is 37.6 Å². The number of rotatable bonds is 4. The fraction of sp³-hybridized carbons (Fsp3) is 0.200. The topological polar surface area (TPSA) is 84.4 Å². The van der Waals surface area contributed by atoms with E-state index in [4.69, 9.17) is 16.3 Å². The minimum atomic E-state index is -3.99. The summed E-state index contributed by atoms with van der Waals surface area (Å²) in [5.74, 6) is 0.215. The molecule has 0 unspecified atom stereocenters. The molecule has 0 aliphatic carbocycles. The smallest absolute Gasteiger partial charge is 0.261 e. The number of fused-ring (bicyclic) bond motifs is 3. The molecular formula is C25H22ClFN4O3S. The third-order valence-electron chi connectivity index (χ3n) is 5.75. The Bertz CT molecular complexity index is 1560. The molecule has 0 bridgehead atoms. The lowest BCUT2D eigenvalue weighted by molar-refractivity contribution is 0.109. The average Bonchev–Trinajstić information content (AvgIpc) is 2.79. The molecule has 3 heterocycles. The van der Waals surface area contributed by atoms with Gasteiger partial charge in [-0.25, -0.2) is 17.8 Å². The zero-order valence-electron chi connectivity index (χ0n) is 19.2. The van der Waals surface area contributed by atoms with E-state index >= 15 is 0 Å². The predicted molar refractivity (Wildman–Crippen MR) is 135 cm³/mol. The monoisotopic (exact) mass is 512 g/mol. The molecule has 0 saturated heterocycles. The number of sulfonamides is 1. The number of likely N-dealkylation sites (N-methyl/N-ethyl adjacent to an activating group) is 1. The van der Waals surface area contributed by atoms with Crippen LogP contribution in [0.5, 0.6) is 5.75 Å². The van der Waals surface area contributed by atoms with E-state index in [-0.39, 0.29) is 21.3 Å². The summed E-state index contributed by atoms with van der Waals surface area (Å²) in [6, 6.07) is 11.8. The Labute approximate surface area is 207 Å². The van der Waals surface area contributed by atoms with Crippen molar-refractivity contribution >= 4 is 43.9 Å². The first-order chi connectivity index (χ1) is 16.5. The molecule has 35 heavy (non-hydrogen) atoms. The largest absolute Gasteiger partial charge is 0.483 e. The van der Waals surface area contributed by atoms with Gasteiger partial charge in [-0.1, -0.05) is 17.7 Å². The standard InChI is InChI=1S/C25H22ClFN4O3S/c1-25(2)14-31(3)22-13-28-20-9-4-15(10-19(20)23(22)34-25)16-11-21(24(26)29-12-16)30-35(32,33)18-7-5-17(27)6-8-18/h4-13,30H,14H2,1-3H3. The van der Waals surface area contributed by atoms with Crippen LogP contribution in [-0.2, 0) is 10.0 Å². The van der Waals surface area contributed by atoms with Crippen molar-refractivity contribution in [2.75, 3.05) is 23.2 Å². The number of halogens is 2. The van der Waals surface area contributed by atoms with Crippen LogP contribution in [0.15, 0.2) is 65.8 Å². The third kappa shape index (κ3) is 4.49. The molecule has 2 aromatic carbocycles. The Balaban J connectivity index is 1.56. The summed E-state index contributed by atoms with van der Waals surface area (Å²) in [4.78, 5) is 10.8. The molecule has 2 aromatic heterocycles. The molecule has 180 valence electrons. The lowest BCUT2D eigenvalue weighted by Gasteiger charge is -2.39. The van der Waals surface area contributed by atoms with E-state index in [0.29, 0.717) is 5.56 Å². The second kappa shape index (κ2) is 8.35. The van der Waals surface area contributed by atoms with E-state index in [9.17, 15) is 12.8 Å². The van der Waals surface area contributed by atoms with Gasteiger partial charge in [0.2, 0.25) is 0 Å². The van der Waals surface area contributed by atoms with Gasteiger partial charge in [0.1, 0.15) is 11.4 Å². The van der Waals surface area contributed by atoms with Crippen LogP contribution in [0, 0.1) is 5.82 Å². The fourth-order valence-corrected chi connectivity index (χ4v) is 5.44. The second-order valence-electron chi connectivity index (χ2n) is 9.04. The number of benzene rings is 2. The van der Waals surface area contributed by atoms with E-state index in [1.54, 1.807) is 18.5 Å². The number of pyridine rings is 2. The normalized spacial score (nSPS) is 14.9. The highest BCUT2D eigenvalue weighted by Crippen LogP contribution is 2.42. The highest BCUT2D eigenvalue weighted by molar-refractivity contribution is 7.92. The van der Waals surface area contributed by atoms with Crippen LogP contribution in [0.3, 0.4) is 0 Å². The minimum Gasteiger partial charge on any atom is -0.483 e. The van der Waals surface area contributed by atoms with Gasteiger partial charge in [-0.2, -0.15) is 0 Å². The van der Waals surface area contributed by atoms with Crippen molar-refractivity contribution in [3.05, 3.63) is 71.9 Å². The number of hydrogen-bond acceptors (Lipinski definition) is 6. The number of hydrogen-bond donors (Lipinski definition) is 1. The molecule has 1 N–H and O–H groups in total. The molecule has 0 amide bonds. The van der Waals surface area contributed by atoms with Crippen molar-refractivity contribution in [1.82, 2.24) is 9.97 Å². The van der Waals surface area contributed by atoms with Crippen molar-refractivity contribution in [3.63, 3.8) is 0 Å². The quantitative estimate of drug-likeness (QED) is 0.364. The van der Waals surface area contributed by atoms with Gasteiger partial charge >= 0.3 is 0 Å². The second-order valence-corrected chi connectivity index (χ2v) is 11.1. The Morgan fingerprint density at radius 2 is 1.80 bits per heavy atom. The highest BCUT2D eigenvalue weighted by atomic mass is 35.5. The van der Waals surface area contributed by atoms with Crippen molar-refractivity contribution in [3.8, 4) is 16.9 Å². The molecule has 10 heteroatoms. The molecule has 1 aliphatic rings. The molecular weight excluding hydrogens is 491 g/mol. The van der Waals surface area contributed by atoms with Crippen LogP contribution in [0.4, 0.5) is 15.8 Å². The molecule has 0 radical (unpaired) electrons. The minimum absolute atomic E-state index is 0.00835. The first-order valence-electron chi connectivity index (χ1n) is 10.8. The highest BCUT2D eigenvalue weighted by Gasteiger charge is 2.31. The number of nitrogens with zero attached hydrogens (tertiary/aromatic N) is 3. The number of ether oxygens (including phenoxy) is 1. The SMILES string of the molecule is CN1CC(C)(C)Oc2c1cnc1ccc(-c3cnc(Cl)c(NS(=O)(=O)c4ccc(F)cc4)c3)cc21. The van der Waals surface area contributed by atoms with Gasteiger partial charge in [0, 0.05) is 24.2 Å². The van der Waals surface area contributed by atoms with Gasteiger partial charge in [0.05, 0.1) is 34.5 Å². The summed E-state index contributed by atoms with van der Waals surface area (Å²) in [7, 11) is -1.99. The zero-order valence-corrected chi connectivity index (χ0v) is 20.8. The van der Waals surface area contributed by atoms with E-state index in [0.717, 1.165) is 46.6 Å². The number of aromatic nitrogens is 2. The van der Waals surface area contributed by atoms with Crippen molar-refractivity contribution in [1.29, 1.82) is 0 Å². The summed E-state index contributed by atoms with van der Waals surface area (Å²) in [6.07, 6.45) is 3.37. The third-order valence-corrected chi connectivity index (χ3v) is 7.43. The Morgan fingerprint density at radius 3 is 2.54 bits per heavy atom. The maximum atomic E-state index is 13.2. The van der Waals surface area contributed by atoms with Crippen LogP contribution in [0.2, 0.25) is 5.15 Å². The predicted octanol–water partition coefficient (Wildman–Crippen LogP) is 5.50. The summed E-state index contributed by atoms with van der Waals surface area (Å²) >= 11 is 6.21. The van der Waals surface area contributed by atoms with E-state index in [1.165, 1.54) is 12.1 Å². The van der Waals surface area contributed by atoms with Crippen LogP contribution in [0.1, 0.15) is 13.8 Å². The summed E-state index contributed by atoms with van der Waals surface area (Å²) in [5, 5.41) is 0.828. The van der Waals surface area contributed by atoms with Gasteiger partial charge in [-0.3, -0.25) is 9.71 Å². The maximum absolute atomic E-state index is 13.2. The fourth-order valence-electron chi connectivity index (χ4n) is 4.18. The van der Waals surface area contributed by atoms with Crippen molar-refractivity contribution in [2.24, 2.45) is 0 Å². The van der Waals surface area contributed by atoms with E-state index < -0.39 is 15.8 Å². The van der Waals surface area contributed by atoms with Crippen LogP contribution >= 0.6 is 11.6 Å². The van der Waals surface area contributed by atoms with E-state index in [1.807, 2.05) is 39.1 Å². The Morgan fingerprint density at radius 1 is 1.06 bits per heavy atom. The summed E-state index contributed by atoms with van der Waals surface area (Å²) < 4.78 is 47.6. The van der Waals surface area contributed by atoms with Gasteiger partial charge in [-0.05, 0) is 61.9 Å². The molecule has 0 atom stereocenters. The first-order valence-corrected chi connectivity index (χ1v) is 12.7. The maximum Gasteiger partial charge on any atom is 0.261 e. The molecule has 0 spiro atoms. The van der Waals surface area contributed by atoms with Crippen LogP contribution in [0.25, 0.3) is 22.0 Å². The Hall–Kier alpha value is -3.43. The van der Waals surface area contributed by atoms with Gasteiger partial charge in [-0.15, -0.1) is 0 Å². The molecule has 5 rings (SSSR count). The van der Waals surface area contributed by atoms with E-state index in [2.05, 4.69) is 19.6 Å². The lowest BCUT2D eigenvalue weighted by atomic mass is 10.0. The zero-order chi connectivity index (χ0) is 25.0. The summed E-state index contributed by atoms with van der Waals surface area (Å²) in [6.45, 7) is 4.79. The molecule has 0 saturated carbocycles.